The maximum atomic E-state index is 12.8. The third kappa shape index (κ3) is 3.28. The number of para-hydroxylation sites is 1. The van der Waals surface area contributed by atoms with Crippen LogP contribution in [0.15, 0.2) is 41.1 Å². The van der Waals surface area contributed by atoms with Gasteiger partial charge in [-0.25, -0.2) is 4.79 Å². The van der Waals surface area contributed by atoms with Crippen molar-refractivity contribution in [1.29, 1.82) is 0 Å². The van der Waals surface area contributed by atoms with Crippen LogP contribution in [0.5, 0.6) is 0 Å². The number of hydrogen-bond acceptors (Lipinski definition) is 3. The van der Waals surface area contributed by atoms with Crippen molar-refractivity contribution in [2.24, 2.45) is 0 Å². The molecule has 3 amide bonds. The van der Waals surface area contributed by atoms with Gasteiger partial charge in [0.15, 0.2) is 0 Å². The Morgan fingerprint density at radius 3 is 2.71 bits per heavy atom. The van der Waals surface area contributed by atoms with E-state index in [-0.39, 0.29) is 11.9 Å². The van der Waals surface area contributed by atoms with Gasteiger partial charge in [-0.3, -0.25) is 4.79 Å². The standard InChI is InChI=1S/C18H21N3O2S/c1-13-11-24-12-15(13)19-18(23)20(2)16-9-6-10-21(17(16)22)14-7-4-3-5-8-14/h3-5,7-8,11-12,16H,6,9-10H2,1-2H3,(H,19,23). The second-order valence-corrected chi connectivity index (χ2v) is 6.74. The molecule has 0 bridgehead atoms. The van der Waals surface area contributed by atoms with Crippen LogP contribution in [0.1, 0.15) is 18.4 Å². The number of aryl methyl sites for hydroxylation is 1. The smallest absolute Gasteiger partial charge is 0.316 e. The molecule has 126 valence electrons. The molecule has 0 radical (unpaired) electrons. The zero-order chi connectivity index (χ0) is 17.1. The molecular formula is C18H21N3O2S. The fraction of sp³-hybridized carbons (Fsp3) is 0.333. The minimum Gasteiger partial charge on any atom is -0.316 e. The van der Waals surface area contributed by atoms with Crippen molar-refractivity contribution in [2.45, 2.75) is 25.8 Å². The highest BCUT2D eigenvalue weighted by molar-refractivity contribution is 7.08. The van der Waals surface area contributed by atoms with Gasteiger partial charge in [-0.05, 0) is 42.8 Å². The Bertz CT molecular complexity index is 729. The third-order valence-electron chi connectivity index (χ3n) is 4.36. The van der Waals surface area contributed by atoms with Gasteiger partial charge in [0.05, 0.1) is 5.69 Å². The molecule has 3 rings (SSSR count). The summed E-state index contributed by atoms with van der Waals surface area (Å²) in [5.74, 6) is -0.0212. The van der Waals surface area contributed by atoms with Crippen LogP contribution in [-0.4, -0.2) is 36.5 Å². The van der Waals surface area contributed by atoms with E-state index in [0.717, 1.165) is 23.4 Å². The number of piperidine rings is 1. The van der Waals surface area contributed by atoms with E-state index >= 15 is 0 Å². The largest absolute Gasteiger partial charge is 0.322 e. The van der Waals surface area contributed by atoms with Gasteiger partial charge in [0, 0.05) is 24.7 Å². The van der Waals surface area contributed by atoms with E-state index in [1.54, 1.807) is 23.3 Å². The average Bonchev–Trinajstić information content (AvgIpc) is 3.00. The van der Waals surface area contributed by atoms with E-state index in [0.29, 0.717) is 13.0 Å². The number of carbonyl (C=O) groups is 2. The highest BCUT2D eigenvalue weighted by atomic mass is 32.1. The lowest BCUT2D eigenvalue weighted by Gasteiger charge is -2.36. The van der Waals surface area contributed by atoms with Crippen LogP contribution < -0.4 is 10.2 Å². The number of anilines is 2. The molecule has 1 fully saturated rings. The molecule has 0 aliphatic carbocycles. The predicted molar refractivity (Wildman–Crippen MR) is 97.7 cm³/mol. The summed E-state index contributed by atoms with van der Waals surface area (Å²) in [5, 5.41) is 6.78. The van der Waals surface area contributed by atoms with Crippen LogP contribution in [0.3, 0.4) is 0 Å². The van der Waals surface area contributed by atoms with E-state index in [4.69, 9.17) is 0 Å². The number of benzene rings is 1. The summed E-state index contributed by atoms with van der Waals surface area (Å²) in [5.41, 5.74) is 2.72. The van der Waals surface area contributed by atoms with Gasteiger partial charge in [-0.15, -0.1) is 11.3 Å². The highest BCUT2D eigenvalue weighted by Gasteiger charge is 2.34. The van der Waals surface area contributed by atoms with Crippen molar-refractivity contribution in [3.63, 3.8) is 0 Å². The van der Waals surface area contributed by atoms with Crippen LogP contribution >= 0.6 is 11.3 Å². The first kappa shape index (κ1) is 16.5. The number of urea groups is 1. The first-order chi connectivity index (χ1) is 11.6. The number of carbonyl (C=O) groups excluding carboxylic acids is 2. The minimum absolute atomic E-state index is 0.0212. The minimum atomic E-state index is -0.433. The second-order valence-electron chi connectivity index (χ2n) is 5.99. The number of likely N-dealkylation sites (N-methyl/N-ethyl adjacent to an activating group) is 1. The maximum Gasteiger partial charge on any atom is 0.322 e. The Balaban J connectivity index is 1.72. The molecule has 2 heterocycles. The number of hydrogen-bond donors (Lipinski definition) is 1. The van der Waals surface area contributed by atoms with Crippen molar-refractivity contribution in [3.05, 3.63) is 46.7 Å². The summed E-state index contributed by atoms with van der Waals surface area (Å²) >= 11 is 1.55. The second kappa shape index (κ2) is 7.05. The Hall–Kier alpha value is -2.34. The topological polar surface area (TPSA) is 52.7 Å². The van der Waals surface area contributed by atoms with Crippen LogP contribution in [-0.2, 0) is 4.79 Å². The van der Waals surface area contributed by atoms with Gasteiger partial charge in [-0.2, -0.15) is 0 Å². The molecule has 1 atom stereocenters. The quantitative estimate of drug-likeness (QED) is 0.923. The molecule has 0 saturated carbocycles. The van der Waals surface area contributed by atoms with Crippen molar-refractivity contribution in [2.75, 3.05) is 23.8 Å². The fourth-order valence-electron chi connectivity index (χ4n) is 2.91. The van der Waals surface area contributed by atoms with Gasteiger partial charge in [0.25, 0.3) is 0 Å². The molecule has 24 heavy (non-hydrogen) atoms. The van der Waals surface area contributed by atoms with Gasteiger partial charge in [0.1, 0.15) is 6.04 Å². The van der Waals surface area contributed by atoms with E-state index < -0.39 is 6.04 Å². The molecule has 1 aromatic carbocycles. The van der Waals surface area contributed by atoms with Crippen LogP contribution in [0, 0.1) is 6.92 Å². The van der Waals surface area contributed by atoms with Crippen LogP contribution in [0.4, 0.5) is 16.2 Å². The molecule has 1 saturated heterocycles. The monoisotopic (exact) mass is 343 g/mol. The first-order valence-corrected chi connectivity index (χ1v) is 8.95. The summed E-state index contributed by atoms with van der Waals surface area (Å²) in [6, 6.07) is 8.94. The molecule has 1 aliphatic heterocycles. The molecule has 5 nitrogen and oxygen atoms in total. The lowest BCUT2D eigenvalue weighted by Crippen LogP contribution is -2.53. The molecule has 0 spiro atoms. The lowest BCUT2D eigenvalue weighted by molar-refractivity contribution is -0.123. The summed E-state index contributed by atoms with van der Waals surface area (Å²) in [7, 11) is 1.69. The zero-order valence-corrected chi connectivity index (χ0v) is 14.7. The van der Waals surface area contributed by atoms with Crippen molar-refractivity contribution in [3.8, 4) is 0 Å². The average molecular weight is 343 g/mol. The lowest BCUT2D eigenvalue weighted by atomic mass is 10.0. The first-order valence-electron chi connectivity index (χ1n) is 8.01. The molecule has 1 unspecified atom stereocenters. The van der Waals surface area contributed by atoms with Crippen LogP contribution in [0.25, 0.3) is 0 Å². The number of nitrogens with one attached hydrogen (secondary N) is 1. The summed E-state index contributed by atoms with van der Waals surface area (Å²) in [6.45, 7) is 2.65. The normalized spacial score (nSPS) is 17.7. The maximum absolute atomic E-state index is 12.8. The Morgan fingerprint density at radius 2 is 2.04 bits per heavy atom. The van der Waals surface area contributed by atoms with Crippen molar-refractivity contribution in [1.82, 2.24) is 4.90 Å². The van der Waals surface area contributed by atoms with Gasteiger partial charge >= 0.3 is 6.03 Å². The highest BCUT2D eigenvalue weighted by Crippen LogP contribution is 2.24. The molecule has 1 aliphatic rings. The van der Waals surface area contributed by atoms with E-state index in [9.17, 15) is 9.59 Å². The molecule has 1 N–H and O–H groups in total. The summed E-state index contributed by atoms with van der Waals surface area (Å²) < 4.78 is 0. The Morgan fingerprint density at radius 1 is 1.29 bits per heavy atom. The number of rotatable bonds is 3. The third-order valence-corrected chi connectivity index (χ3v) is 5.22. The van der Waals surface area contributed by atoms with Gasteiger partial charge in [0.2, 0.25) is 5.91 Å². The van der Waals surface area contributed by atoms with E-state index in [1.807, 2.05) is 48.0 Å². The summed E-state index contributed by atoms with van der Waals surface area (Å²) in [4.78, 5) is 28.6. The number of thiophene rings is 1. The fourth-order valence-corrected chi connectivity index (χ4v) is 3.69. The zero-order valence-electron chi connectivity index (χ0n) is 13.9. The predicted octanol–water partition coefficient (Wildman–Crippen LogP) is 3.72. The Labute approximate surface area is 145 Å². The molecular weight excluding hydrogens is 322 g/mol. The van der Waals surface area contributed by atoms with Gasteiger partial charge < -0.3 is 15.1 Å². The molecule has 2 aromatic rings. The number of amides is 3. The van der Waals surface area contributed by atoms with Crippen molar-refractivity contribution < 1.29 is 9.59 Å². The molecule has 1 aromatic heterocycles. The van der Waals surface area contributed by atoms with Crippen molar-refractivity contribution >= 4 is 34.6 Å². The van der Waals surface area contributed by atoms with Crippen LogP contribution in [0.2, 0.25) is 0 Å². The van der Waals surface area contributed by atoms with Gasteiger partial charge in [-0.1, -0.05) is 18.2 Å². The Kier molecular flexibility index (Phi) is 4.85. The number of nitrogens with zero attached hydrogens (tertiary/aromatic N) is 2. The van der Waals surface area contributed by atoms with E-state index in [2.05, 4.69) is 5.32 Å². The van der Waals surface area contributed by atoms with E-state index in [1.165, 1.54) is 4.90 Å². The SMILES string of the molecule is Cc1cscc1NC(=O)N(C)C1CCCN(c2ccccc2)C1=O. The summed E-state index contributed by atoms with van der Waals surface area (Å²) in [6.07, 6.45) is 1.56. The molecule has 6 heteroatoms.